The van der Waals surface area contributed by atoms with E-state index in [0.717, 1.165) is 11.5 Å². The maximum Gasteiger partial charge on any atom is 0.322 e. The molecule has 0 unspecified atom stereocenters. The Kier molecular flexibility index (Phi) is 5.71. The molecule has 3 heterocycles. The number of halogens is 1. The molecule has 30 heavy (non-hydrogen) atoms. The van der Waals surface area contributed by atoms with Gasteiger partial charge in [0, 0.05) is 43.5 Å². The summed E-state index contributed by atoms with van der Waals surface area (Å²) < 4.78 is 7.02. The van der Waals surface area contributed by atoms with Gasteiger partial charge in [0.2, 0.25) is 0 Å². The predicted molar refractivity (Wildman–Crippen MR) is 115 cm³/mol. The molecule has 1 aromatic carbocycles. The summed E-state index contributed by atoms with van der Waals surface area (Å²) >= 11 is 6.04. The standard InChI is InChI=1S/C20H22ClN7O2/c1-14-5-6-28(25-14)19-12-18(22-13-23-19)26-7-9-27(10-8-26)20(29)24-16-11-15(21)3-4-17(16)30-2/h3-6,11-13H,7-10H2,1-2H3,(H,24,29). The largest absolute Gasteiger partial charge is 0.495 e. The molecule has 0 bridgehead atoms. The van der Waals surface area contributed by atoms with Crippen molar-refractivity contribution in [1.82, 2.24) is 24.6 Å². The highest BCUT2D eigenvalue weighted by Gasteiger charge is 2.23. The lowest BCUT2D eigenvalue weighted by atomic mass is 10.3. The number of rotatable bonds is 4. The third-order valence-corrected chi connectivity index (χ3v) is 5.12. The third-order valence-electron chi connectivity index (χ3n) is 4.89. The highest BCUT2D eigenvalue weighted by Crippen LogP contribution is 2.28. The van der Waals surface area contributed by atoms with E-state index in [0.29, 0.717) is 48.5 Å². The molecule has 2 amide bonds. The number of carbonyl (C=O) groups excluding carboxylic acids is 1. The molecule has 2 aromatic heterocycles. The van der Waals surface area contributed by atoms with Gasteiger partial charge in [-0.15, -0.1) is 0 Å². The number of ether oxygens (including phenoxy) is 1. The number of anilines is 2. The minimum atomic E-state index is -0.189. The van der Waals surface area contributed by atoms with Gasteiger partial charge in [-0.2, -0.15) is 5.10 Å². The number of hydrogen-bond acceptors (Lipinski definition) is 6. The number of benzene rings is 1. The molecule has 1 saturated heterocycles. The van der Waals surface area contributed by atoms with Crippen LogP contribution in [0.4, 0.5) is 16.3 Å². The first-order valence-corrected chi connectivity index (χ1v) is 9.90. The Balaban J connectivity index is 1.39. The van der Waals surface area contributed by atoms with Gasteiger partial charge in [-0.1, -0.05) is 11.6 Å². The molecule has 10 heteroatoms. The first-order valence-electron chi connectivity index (χ1n) is 9.52. The number of nitrogens with zero attached hydrogens (tertiary/aromatic N) is 6. The van der Waals surface area contributed by atoms with E-state index in [2.05, 4.69) is 25.3 Å². The topological polar surface area (TPSA) is 88.4 Å². The molecule has 9 nitrogen and oxygen atoms in total. The number of carbonyl (C=O) groups is 1. The average molecular weight is 428 g/mol. The maximum atomic E-state index is 12.7. The number of nitrogens with one attached hydrogen (secondary N) is 1. The van der Waals surface area contributed by atoms with Crippen molar-refractivity contribution in [2.75, 3.05) is 43.5 Å². The van der Waals surface area contributed by atoms with Crippen molar-refractivity contribution in [3.05, 3.63) is 53.6 Å². The summed E-state index contributed by atoms with van der Waals surface area (Å²) in [5.41, 5.74) is 1.47. The van der Waals surface area contributed by atoms with Gasteiger partial charge in [0.05, 0.1) is 18.5 Å². The molecule has 0 radical (unpaired) electrons. The van der Waals surface area contributed by atoms with E-state index >= 15 is 0 Å². The molecule has 0 saturated carbocycles. The number of piperazine rings is 1. The second-order valence-electron chi connectivity index (χ2n) is 6.88. The fraction of sp³-hybridized carbons (Fsp3) is 0.300. The van der Waals surface area contributed by atoms with Gasteiger partial charge in [0.1, 0.15) is 17.9 Å². The Morgan fingerprint density at radius 3 is 2.57 bits per heavy atom. The molecule has 1 fully saturated rings. The van der Waals surface area contributed by atoms with Crippen LogP contribution in [0.2, 0.25) is 5.02 Å². The summed E-state index contributed by atoms with van der Waals surface area (Å²) in [6.45, 7) is 4.38. The fourth-order valence-electron chi connectivity index (χ4n) is 3.29. The van der Waals surface area contributed by atoms with Crippen LogP contribution in [-0.2, 0) is 0 Å². The van der Waals surface area contributed by atoms with E-state index in [4.69, 9.17) is 16.3 Å². The zero-order chi connectivity index (χ0) is 21.1. The Labute approximate surface area is 179 Å². The predicted octanol–water partition coefficient (Wildman–Crippen LogP) is 2.99. The van der Waals surface area contributed by atoms with Crippen LogP contribution in [0.3, 0.4) is 0 Å². The molecule has 4 rings (SSSR count). The quantitative estimate of drug-likeness (QED) is 0.688. The average Bonchev–Trinajstić information content (AvgIpc) is 3.20. The molecule has 1 aliphatic heterocycles. The van der Waals surface area contributed by atoms with Gasteiger partial charge < -0.3 is 19.9 Å². The summed E-state index contributed by atoms with van der Waals surface area (Å²) in [6.07, 6.45) is 3.40. The summed E-state index contributed by atoms with van der Waals surface area (Å²) in [5.74, 6) is 2.08. The molecule has 1 aliphatic rings. The van der Waals surface area contributed by atoms with Crippen molar-refractivity contribution >= 4 is 29.1 Å². The molecule has 3 aromatic rings. The number of urea groups is 1. The lowest BCUT2D eigenvalue weighted by Gasteiger charge is -2.35. The van der Waals surface area contributed by atoms with Crippen LogP contribution >= 0.6 is 11.6 Å². The Morgan fingerprint density at radius 1 is 1.10 bits per heavy atom. The van der Waals surface area contributed by atoms with Gasteiger partial charge in [-0.3, -0.25) is 0 Å². The van der Waals surface area contributed by atoms with E-state index in [9.17, 15) is 4.79 Å². The second-order valence-corrected chi connectivity index (χ2v) is 7.32. The van der Waals surface area contributed by atoms with Gasteiger partial charge in [0.15, 0.2) is 5.82 Å². The zero-order valence-corrected chi connectivity index (χ0v) is 17.5. The number of aryl methyl sites for hydroxylation is 1. The first-order chi connectivity index (χ1) is 14.5. The van der Waals surface area contributed by atoms with Gasteiger partial charge in [0.25, 0.3) is 0 Å². The molecule has 156 valence electrons. The van der Waals surface area contributed by atoms with Crippen LogP contribution in [-0.4, -0.2) is 64.0 Å². The van der Waals surface area contributed by atoms with Crippen molar-refractivity contribution in [2.45, 2.75) is 6.92 Å². The lowest BCUT2D eigenvalue weighted by Crippen LogP contribution is -2.50. The van der Waals surface area contributed by atoms with Crippen LogP contribution in [0.15, 0.2) is 42.9 Å². The van der Waals surface area contributed by atoms with Crippen molar-refractivity contribution in [3.63, 3.8) is 0 Å². The highest BCUT2D eigenvalue weighted by atomic mass is 35.5. The molecule has 1 N–H and O–H groups in total. The molecule has 0 atom stereocenters. The minimum absolute atomic E-state index is 0.189. The maximum absolute atomic E-state index is 12.7. The Hall–Kier alpha value is -3.33. The zero-order valence-electron chi connectivity index (χ0n) is 16.7. The van der Waals surface area contributed by atoms with Crippen LogP contribution < -0.4 is 15.0 Å². The third kappa shape index (κ3) is 4.30. The lowest BCUT2D eigenvalue weighted by molar-refractivity contribution is 0.208. The number of aromatic nitrogens is 4. The summed E-state index contributed by atoms with van der Waals surface area (Å²) in [5, 5.41) is 7.80. The SMILES string of the molecule is COc1ccc(Cl)cc1NC(=O)N1CCN(c2cc(-n3ccc(C)n3)ncn2)CC1. The molecular formula is C20H22ClN7O2. The first kappa shape index (κ1) is 20.0. The highest BCUT2D eigenvalue weighted by molar-refractivity contribution is 6.31. The summed E-state index contributed by atoms with van der Waals surface area (Å²) in [6, 6.07) is 8.76. The van der Waals surface area contributed by atoms with Crippen LogP contribution in [0.25, 0.3) is 5.82 Å². The molecule has 0 aliphatic carbocycles. The Bertz CT molecular complexity index is 1050. The Morgan fingerprint density at radius 2 is 1.87 bits per heavy atom. The monoisotopic (exact) mass is 427 g/mol. The molecule has 0 spiro atoms. The second kappa shape index (κ2) is 8.58. The van der Waals surface area contributed by atoms with Gasteiger partial charge >= 0.3 is 6.03 Å². The van der Waals surface area contributed by atoms with Crippen molar-refractivity contribution in [1.29, 1.82) is 0 Å². The van der Waals surface area contributed by atoms with E-state index in [1.165, 1.54) is 6.33 Å². The van der Waals surface area contributed by atoms with Crippen LogP contribution in [0.1, 0.15) is 5.69 Å². The smallest absolute Gasteiger partial charge is 0.322 e. The number of methoxy groups -OCH3 is 1. The van der Waals surface area contributed by atoms with E-state index in [-0.39, 0.29) is 6.03 Å². The summed E-state index contributed by atoms with van der Waals surface area (Å²) in [7, 11) is 1.55. The van der Waals surface area contributed by atoms with E-state index in [1.807, 2.05) is 25.3 Å². The molecular weight excluding hydrogens is 406 g/mol. The number of hydrogen-bond donors (Lipinski definition) is 1. The fourth-order valence-corrected chi connectivity index (χ4v) is 3.46. The van der Waals surface area contributed by atoms with Gasteiger partial charge in [-0.05, 0) is 31.2 Å². The van der Waals surface area contributed by atoms with Gasteiger partial charge in [-0.25, -0.2) is 19.4 Å². The van der Waals surface area contributed by atoms with E-state index < -0.39 is 0 Å². The van der Waals surface area contributed by atoms with Crippen LogP contribution in [0.5, 0.6) is 5.75 Å². The number of amides is 2. The normalized spacial score (nSPS) is 14.0. The summed E-state index contributed by atoms with van der Waals surface area (Å²) in [4.78, 5) is 25.3. The minimum Gasteiger partial charge on any atom is -0.495 e. The van der Waals surface area contributed by atoms with Crippen molar-refractivity contribution in [2.24, 2.45) is 0 Å². The van der Waals surface area contributed by atoms with Crippen molar-refractivity contribution < 1.29 is 9.53 Å². The van der Waals surface area contributed by atoms with E-state index in [1.54, 1.807) is 34.9 Å². The van der Waals surface area contributed by atoms with Crippen LogP contribution in [0, 0.1) is 6.92 Å². The van der Waals surface area contributed by atoms with Crippen molar-refractivity contribution in [3.8, 4) is 11.6 Å².